The predicted octanol–water partition coefficient (Wildman–Crippen LogP) is 5.39. The number of esters is 1. The first-order valence-electron chi connectivity index (χ1n) is 8.51. The number of carbonyl (C=O) groups excluding carboxylic acids is 1. The van der Waals surface area contributed by atoms with Crippen molar-refractivity contribution in [2.24, 2.45) is 0 Å². The molecule has 0 heterocycles. The average Bonchev–Trinajstić information content (AvgIpc) is 2.73. The summed E-state index contributed by atoms with van der Waals surface area (Å²) in [7, 11) is 0. The third-order valence-corrected chi connectivity index (χ3v) is 4.12. The fraction of sp³-hybridized carbons (Fsp3) is 0.0435. The van der Waals surface area contributed by atoms with Crippen molar-refractivity contribution < 1.29 is 14.3 Å². The van der Waals surface area contributed by atoms with Crippen LogP contribution in [0.5, 0.6) is 11.5 Å². The van der Waals surface area contributed by atoms with Gasteiger partial charge in [-0.3, -0.25) is 0 Å². The summed E-state index contributed by atoms with van der Waals surface area (Å²) in [5.74, 6) is 0.278. The highest BCUT2D eigenvalue weighted by Gasteiger charge is 2.08. The first-order valence-corrected chi connectivity index (χ1v) is 8.89. The summed E-state index contributed by atoms with van der Waals surface area (Å²) in [6, 6.07) is 25.4. The maximum Gasteiger partial charge on any atom is 0.349 e. The second-order valence-electron chi connectivity index (χ2n) is 5.80. The lowest BCUT2D eigenvalue weighted by Gasteiger charge is -2.08. The minimum Gasteiger partial charge on any atom is -0.480 e. The normalized spacial score (nSPS) is 10.8. The molecule has 0 saturated carbocycles. The number of rotatable bonds is 6. The van der Waals surface area contributed by atoms with Gasteiger partial charge in [-0.25, -0.2) is 4.79 Å². The number of benzene rings is 3. The molecule has 3 rings (SSSR count). The van der Waals surface area contributed by atoms with Crippen molar-refractivity contribution in [3.05, 3.63) is 95.0 Å². The molecule has 28 heavy (non-hydrogen) atoms. The minimum atomic E-state index is -0.537. The lowest BCUT2D eigenvalue weighted by atomic mass is 10.0. The maximum atomic E-state index is 11.9. The molecule has 3 aromatic carbocycles. The fourth-order valence-corrected chi connectivity index (χ4v) is 2.65. The number of para-hydroxylation sites is 1. The molecule has 0 aliphatic carbocycles. The standard InChI is InChI=1S/C23H16ClNO3/c24-21-8-4-5-9-22(21)27-16-23(26)28-20-12-10-17(11-13-20)14-19(15-25)18-6-2-1-3-7-18/h1-14H,16H2/b19-14-. The van der Waals surface area contributed by atoms with Crippen molar-refractivity contribution in [1.82, 2.24) is 0 Å². The molecule has 0 aliphatic rings. The Hall–Kier alpha value is -3.55. The Labute approximate surface area is 168 Å². The van der Waals surface area contributed by atoms with Crippen molar-refractivity contribution in [3.63, 3.8) is 0 Å². The van der Waals surface area contributed by atoms with Crippen LogP contribution in [-0.4, -0.2) is 12.6 Å². The number of allylic oxidation sites excluding steroid dienone is 1. The number of hydrogen-bond acceptors (Lipinski definition) is 4. The van der Waals surface area contributed by atoms with Gasteiger partial charge in [0, 0.05) is 0 Å². The molecular weight excluding hydrogens is 374 g/mol. The van der Waals surface area contributed by atoms with Gasteiger partial charge in [0.2, 0.25) is 0 Å². The van der Waals surface area contributed by atoms with Crippen LogP contribution >= 0.6 is 11.6 Å². The van der Waals surface area contributed by atoms with Crippen molar-refractivity contribution in [3.8, 4) is 17.6 Å². The third kappa shape index (κ3) is 5.23. The number of nitrogens with zero attached hydrogens (tertiary/aromatic N) is 1. The Balaban J connectivity index is 1.61. The van der Waals surface area contributed by atoms with Crippen LogP contribution in [0.2, 0.25) is 5.02 Å². The molecule has 0 N–H and O–H groups in total. The first-order chi connectivity index (χ1) is 13.7. The van der Waals surface area contributed by atoms with E-state index in [0.29, 0.717) is 22.1 Å². The smallest absolute Gasteiger partial charge is 0.349 e. The summed E-state index contributed by atoms with van der Waals surface area (Å²) < 4.78 is 10.6. The van der Waals surface area contributed by atoms with Crippen LogP contribution in [0.25, 0.3) is 11.6 Å². The second-order valence-corrected chi connectivity index (χ2v) is 6.21. The van der Waals surface area contributed by atoms with Crippen molar-refractivity contribution in [2.75, 3.05) is 6.61 Å². The lowest BCUT2D eigenvalue weighted by Crippen LogP contribution is -2.17. The molecule has 0 atom stereocenters. The van der Waals surface area contributed by atoms with Gasteiger partial charge in [0.25, 0.3) is 0 Å². The summed E-state index contributed by atoms with van der Waals surface area (Å²) in [5.41, 5.74) is 2.23. The molecule has 5 heteroatoms. The molecule has 0 amide bonds. The topological polar surface area (TPSA) is 59.3 Å². The Morgan fingerprint density at radius 2 is 1.64 bits per heavy atom. The van der Waals surface area contributed by atoms with Crippen LogP contribution in [0, 0.1) is 11.3 Å². The highest BCUT2D eigenvalue weighted by Crippen LogP contribution is 2.23. The maximum absolute atomic E-state index is 11.9. The monoisotopic (exact) mass is 389 g/mol. The molecule has 4 nitrogen and oxygen atoms in total. The number of carbonyl (C=O) groups is 1. The van der Waals surface area contributed by atoms with E-state index in [0.717, 1.165) is 11.1 Å². The SMILES string of the molecule is N#C/C(=C/c1ccc(OC(=O)COc2ccccc2Cl)cc1)c1ccccc1. The van der Waals surface area contributed by atoms with Crippen LogP contribution in [-0.2, 0) is 4.79 Å². The Bertz CT molecular complexity index is 1020. The molecule has 0 aliphatic heterocycles. The van der Waals surface area contributed by atoms with Crippen molar-refractivity contribution in [2.45, 2.75) is 0 Å². The minimum absolute atomic E-state index is 0.252. The zero-order valence-corrected chi connectivity index (χ0v) is 15.6. The van der Waals surface area contributed by atoms with Crippen LogP contribution in [0.15, 0.2) is 78.9 Å². The number of ether oxygens (including phenoxy) is 2. The van der Waals surface area contributed by atoms with Gasteiger partial charge < -0.3 is 9.47 Å². The summed E-state index contributed by atoms with van der Waals surface area (Å²) in [5, 5.41) is 9.80. The summed E-state index contributed by atoms with van der Waals surface area (Å²) in [4.78, 5) is 11.9. The molecular formula is C23H16ClNO3. The Kier molecular flexibility index (Phi) is 6.46. The molecule has 0 aromatic heterocycles. The van der Waals surface area contributed by atoms with E-state index in [1.807, 2.05) is 30.3 Å². The number of halogens is 1. The number of nitriles is 1. The van der Waals surface area contributed by atoms with Crippen molar-refractivity contribution >= 4 is 29.2 Å². The number of hydrogen-bond donors (Lipinski definition) is 0. The van der Waals surface area contributed by atoms with Gasteiger partial charge in [-0.2, -0.15) is 5.26 Å². The molecule has 3 aromatic rings. The van der Waals surface area contributed by atoms with Crippen LogP contribution in [0.1, 0.15) is 11.1 Å². The molecule has 0 bridgehead atoms. The summed E-state index contributed by atoms with van der Waals surface area (Å²) >= 11 is 5.98. The van der Waals surface area contributed by atoms with E-state index in [2.05, 4.69) is 6.07 Å². The summed E-state index contributed by atoms with van der Waals surface area (Å²) in [6.07, 6.45) is 1.78. The zero-order chi connectivity index (χ0) is 19.8. The zero-order valence-electron chi connectivity index (χ0n) is 14.8. The van der Waals surface area contributed by atoms with E-state index in [1.54, 1.807) is 54.6 Å². The Morgan fingerprint density at radius 1 is 0.964 bits per heavy atom. The van der Waals surface area contributed by atoms with Crippen LogP contribution in [0.4, 0.5) is 0 Å². The highest BCUT2D eigenvalue weighted by molar-refractivity contribution is 6.32. The Morgan fingerprint density at radius 3 is 2.32 bits per heavy atom. The van der Waals surface area contributed by atoms with Crippen LogP contribution < -0.4 is 9.47 Å². The molecule has 0 spiro atoms. The van der Waals surface area contributed by atoms with Gasteiger partial charge in [0.05, 0.1) is 16.7 Å². The van der Waals surface area contributed by atoms with E-state index in [1.165, 1.54) is 0 Å². The summed E-state index contributed by atoms with van der Waals surface area (Å²) in [6.45, 7) is -0.252. The van der Waals surface area contributed by atoms with Gasteiger partial charge in [-0.1, -0.05) is 66.2 Å². The largest absolute Gasteiger partial charge is 0.480 e. The molecule has 0 fully saturated rings. The lowest BCUT2D eigenvalue weighted by molar-refractivity contribution is -0.136. The van der Waals surface area contributed by atoms with E-state index in [4.69, 9.17) is 21.1 Å². The molecule has 0 saturated heterocycles. The highest BCUT2D eigenvalue weighted by atomic mass is 35.5. The van der Waals surface area contributed by atoms with Gasteiger partial charge in [-0.05, 0) is 41.5 Å². The molecule has 0 radical (unpaired) electrons. The fourth-order valence-electron chi connectivity index (χ4n) is 2.46. The van der Waals surface area contributed by atoms with E-state index in [-0.39, 0.29) is 6.61 Å². The van der Waals surface area contributed by atoms with Gasteiger partial charge in [-0.15, -0.1) is 0 Å². The predicted molar refractivity (Wildman–Crippen MR) is 109 cm³/mol. The quantitative estimate of drug-likeness (QED) is 0.245. The first kappa shape index (κ1) is 19.2. The van der Waals surface area contributed by atoms with Crippen molar-refractivity contribution in [1.29, 1.82) is 5.26 Å². The van der Waals surface area contributed by atoms with E-state index in [9.17, 15) is 10.1 Å². The van der Waals surface area contributed by atoms with E-state index >= 15 is 0 Å². The van der Waals surface area contributed by atoms with Gasteiger partial charge in [0.1, 0.15) is 11.5 Å². The van der Waals surface area contributed by atoms with Crippen LogP contribution in [0.3, 0.4) is 0 Å². The average molecular weight is 390 g/mol. The third-order valence-electron chi connectivity index (χ3n) is 3.81. The van der Waals surface area contributed by atoms with Gasteiger partial charge in [0.15, 0.2) is 6.61 Å². The van der Waals surface area contributed by atoms with E-state index < -0.39 is 5.97 Å². The van der Waals surface area contributed by atoms with Gasteiger partial charge >= 0.3 is 5.97 Å². The second kappa shape index (κ2) is 9.40. The molecule has 0 unspecified atom stereocenters. The molecule has 138 valence electrons.